The fourth-order valence-electron chi connectivity index (χ4n) is 1.56. The second-order valence-electron chi connectivity index (χ2n) is 5.91. The number of nitrogens with zero attached hydrogens (tertiary/aromatic N) is 4. The van der Waals surface area contributed by atoms with E-state index < -0.39 is 17.7 Å². The van der Waals surface area contributed by atoms with E-state index >= 15 is 0 Å². The summed E-state index contributed by atoms with van der Waals surface area (Å²) in [5.74, 6) is 0.0547. The molecule has 1 heterocycles. The third-order valence-corrected chi connectivity index (χ3v) is 3.63. The molecule has 0 spiro atoms. The molecule has 1 rings (SSSR count). The highest BCUT2D eigenvalue weighted by atomic mass is 35.6. The minimum absolute atomic E-state index is 0.120. The first-order chi connectivity index (χ1) is 11.3. The van der Waals surface area contributed by atoms with Crippen LogP contribution in [0.25, 0.3) is 0 Å². The van der Waals surface area contributed by atoms with E-state index in [1.807, 2.05) is 21.1 Å². The zero-order chi connectivity index (χ0) is 21.1. The Morgan fingerprint density at radius 1 is 1.00 bits per heavy atom. The van der Waals surface area contributed by atoms with Crippen LogP contribution in [0.1, 0.15) is 23.5 Å². The van der Waals surface area contributed by atoms with Crippen LogP contribution in [0, 0.1) is 0 Å². The molecule has 0 bridgehead atoms. The Balaban J connectivity index is 0.00000110. The Hall–Kier alpha value is 0.580. The van der Waals surface area contributed by atoms with E-state index in [1.54, 1.807) is 0 Å². The lowest BCUT2D eigenvalue weighted by molar-refractivity contribution is -0.901. The Kier molecular flexibility index (Phi) is 9.59. The summed E-state index contributed by atoms with van der Waals surface area (Å²) < 4.78 is 23.9. The summed E-state index contributed by atoms with van der Waals surface area (Å²) in [4.78, 5) is 12.2. The SMILES string of the molecule is CS(=O)(=O)[O-].C[N+](C)(C)C(CN)c1nc(C(Cl)(Cl)Cl)nc(C(Cl)(Cl)Cl)n1. The smallest absolute Gasteiger partial charge is 0.250 e. The second kappa shape index (κ2) is 9.39. The lowest BCUT2D eigenvalue weighted by Crippen LogP contribution is -2.44. The fourth-order valence-corrected chi connectivity index (χ4v) is 2.07. The molecule has 1 aromatic rings. The maximum atomic E-state index is 9.08. The van der Waals surface area contributed by atoms with Gasteiger partial charge < -0.3 is 14.8 Å². The Morgan fingerprint density at radius 2 is 1.31 bits per heavy atom. The summed E-state index contributed by atoms with van der Waals surface area (Å²) in [5.41, 5.74) is 5.80. The third-order valence-electron chi connectivity index (χ3n) is 2.62. The van der Waals surface area contributed by atoms with E-state index in [1.165, 1.54) is 0 Å². The summed E-state index contributed by atoms with van der Waals surface area (Å²) in [6, 6.07) is -0.287. The average molecular weight is 512 g/mol. The number of nitrogens with two attached hydrogens (primary N) is 1. The first-order valence-electron chi connectivity index (χ1n) is 6.59. The summed E-state index contributed by atoms with van der Waals surface area (Å²) in [7, 11) is 1.85. The zero-order valence-corrected chi connectivity index (χ0v) is 19.4. The quantitative estimate of drug-likeness (QED) is 0.375. The van der Waals surface area contributed by atoms with Gasteiger partial charge in [0.15, 0.2) is 23.5 Å². The summed E-state index contributed by atoms with van der Waals surface area (Å²) >= 11 is 35.0. The van der Waals surface area contributed by atoms with Crippen LogP contribution in [-0.2, 0) is 17.7 Å². The van der Waals surface area contributed by atoms with Crippen molar-refractivity contribution in [2.24, 2.45) is 5.73 Å². The normalized spacial score (nSPS) is 14.5. The number of alkyl halides is 6. The van der Waals surface area contributed by atoms with Crippen LogP contribution in [0.5, 0.6) is 0 Å². The fraction of sp³-hybridized carbons (Fsp3) is 0.727. The molecule has 1 unspecified atom stereocenters. The summed E-state index contributed by atoms with van der Waals surface area (Å²) in [6.07, 6.45) is 0.604. The number of quaternary nitrogens is 1. The maximum Gasteiger partial charge on any atom is 0.250 e. The van der Waals surface area contributed by atoms with Crippen LogP contribution in [0.2, 0.25) is 0 Å². The van der Waals surface area contributed by atoms with Crippen LogP contribution in [-0.4, -0.2) is 66.3 Å². The topological polar surface area (TPSA) is 122 Å². The van der Waals surface area contributed by atoms with Crippen molar-refractivity contribution in [1.29, 1.82) is 0 Å². The van der Waals surface area contributed by atoms with Crippen LogP contribution in [0.3, 0.4) is 0 Å². The molecular formula is C11H17Cl6N5O3S. The lowest BCUT2D eigenvalue weighted by atomic mass is 10.2. The van der Waals surface area contributed by atoms with Crippen molar-refractivity contribution in [2.75, 3.05) is 33.9 Å². The molecule has 0 radical (unpaired) electrons. The van der Waals surface area contributed by atoms with Crippen LogP contribution in [0.4, 0.5) is 0 Å². The van der Waals surface area contributed by atoms with E-state index in [-0.39, 0.29) is 24.2 Å². The molecule has 0 aliphatic heterocycles. The molecule has 0 aliphatic rings. The Labute approximate surface area is 182 Å². The molecule has 0 saturated heterocycles. The number of likely N-dealkylation sites (N-methyl/N-ethyl adjacent to an activating group) is 1. The third kappa shape index (κ3) is 10.2. The van der Waals surface area contributed by atoms with Gasteiger partial charge in [0.25, 0.3) is 0 Å². The van der Waals surface area contributed by atoms with Crippen LogP contribution < -0.4 is 5.73 Å². The molecule has 8 nitrogen and oxygen atoms in total. The van der Waals surface area contributed by atoms with Gasteiger partial charge in [0.1, 0.15) is 0 Å². The highest BCUT2D eigenvalue weighted by Gasteiger charge is 2.37. The molecule has 1 atom stereocenters. The molecule has 0 aromatic carbocycles. The van der Waals surface area contributed by atoms with Gasteiger partial charge in [0.05, 0.1) is 37.8 Å². The highest BCUT2D eigenvalue weighted by Crippen LogP contribution is 2.40. The molecule has 0 amide bonds. The van der Waals surface area contributed by atoms with E-state index in [4.69, 9.17) is 88.3 Å². The van der Waals surface area contributed by atoms with Gasteiger partial charge in [-0.05, 0) is 0 Å². The van der Waals surface area contributed by atoms with Gasteiger partial charge >= 0.3 is 0 Å². The molecule has 0 fully saturated rings. The number of hydrogen-bond donors (Lipinski definition) is 1. The van der Waals surface area contributed by atoms with Gasteiger partial charge in [0, 0.05) is 6.26 Å². The van der Waals surface area contributed by atoms with Gasteiger partial charge in [-0.25, -0.2) is 23.4 Å². The van der Waals surface area contributed by atoms with Crippen molar-refractivity contribution in [2.45, 2.75) is 13.6 Å². The molecule has 15 heteroatoms. The van der Waals surface area contributed by atoms with Crippen LogP contribution in [0.15, 0.2) is 0 Å². The second-order valence-corrected chi connectivity index (χ2v) is 11.9. The number of aromatic nitrogens is 3. The molecular weight excluding hydrogens is 495 g/mol. The van der Waals surface area contributed by atoms with Crippen molar-refractivity contribution >= 4 is 79.7 Å². The van der Waals surface area contributed by atoms with Gasteiger partial charge in [-0.2, -0.15) is 0 Å². The average Bonchev–Trinajstić information content (AvgIpc) is 2.33. The van der Waals surface area contributed by atoms with Gasteiger partial charge in [0.2, 0.25) is 7.59 Å². The number of hydrogen-bond acceptors (Lipinski definition) is 7. The monoisotopic (exact) mass is 509 g/mol. The largest absolute Gasteiger partial charge is 0.748 e. The Bertz CT molecular complexity index is 674. The van der Waals surface area contributed by atoms with Crippen molar-refractivity contribution in [3.05, 3.63) is 17.5 Å². The molecule has 2 N–H and O–H groups in total. The van der Waals surface area contributed by atoms with E-state index in [0.717, 1.165) is 0 Å². The predicted molar refractivity (Wildman–Crippen MR) is 104 cm³/mol. The van der Waals surface area contributed by atoms with Crippen molar-refractivity contribution < 1.29 is 17.5 Å². The number of rotatable bonds is 3. The van der Waals surface area contributed by atoms with Crippen molar-refractivity contribution in [3.63, 3.8) is 0 Å². The first kappa shape index (κ1) is 26.6. The molecule has 0 aliphatic carbocycles. The molecule has 1 aromatic heterocycles. The molecule has 26 heavy (non-hydrogen) atoms. The maximum absolute atomic E-state index is 9.08. The van der Waals surface area contributed by atoms with Gasteiger partial charge in [-0.1, -0.05) is 69.6 Å². The summed E-state index contributed by atoms with van der Waals surface area (Å²) in [6.45, 7) is 0.256. The molecule has 152 valence electrons. The summed E-state index contributed by atoms with van der Waals surface area (Å²) in [5, 5.41) is 0. The van der Waals surface area contributed by atoms with Gasteiger partial charge in [-0.3, -0.25) is 0 Å². The van der Waals surface area contributed by atoms with Gasteiger partial charge in [-0.15, -0.1) is 0 Å². The standard InChI is InChI=1S/C10H14Cl6N5.CH4O3S/c1-21(2,3)5(4-17)6-18-7(9(11,12)13)20-8(19-6)10(14,15)16;1-5(2,3)4/h5H,4,17H2,1-3H3;1H3,(H,2,3,4)/q+1;/p-1. The minimum atomic E-state index is -3.92. The zero-order valence-electron chi connectivity index (χ0n) is 14.1. The van der Waals surface area contributed by atoms with E-state index in [0.29, 0.717) is 16.6 Å². The Morgan fingerprint density at radius 3 is 1.50 bits per heavy atom. The van der Waals surface area contributed by atoms with Crippen molar-refractivity contribution in [1.82, 2.24) is 15.0 Å². The van der Waals surface area contributed by atoms with Crippen molar-refractivity contribution in [3.8, 4) is 0 Å². The number of halogens is 6. The molecule has 0 saturated carbocycles. The first-order valence-corrected chi connectivity index (χ1v) is 10.7. The highest BCUT2D eigenvalue weighted by molar-refractivity contribution is 7.84. The minimum Gasteiger partial charge on any atom is -0.748 e. The van der Waals surface area contributed by atoms with Crippen LogP contribution >= 0.6 is 69.6 Å². The van der Waals surface area contributed by atoms with E-state index in [2.05, 4.69) is 15.0 Å². The lowest BCUT2D eigenvalue weighted by Gasteiger charge is -2.32. The van der Waals surface area contributed by atoms with E-state index in [9.17, 15) is 0 Å². The predicted octanol–water partition coefficient (Wildman–Crippen LogP) is 2.39.